The maximum atomic E-state index is 12.7. The van der Waals surface area contributed by atoms with Crippen LogP contribution in [0.2, 0.25) is 18.1 Å². The van der Waals surface area contributed by atoms with Gasteiger partial charge in [-0.25, -0.2) is 9.69 Å². The molecule has 1 aromatic heterocycles. The molecule has 2 atom stereocenters. The first-order valence-corrected chi connectivity index (χ1v) is 12.3. The lowest BCUT2D eigenvalue weighted by molar-refractivity contribution is -0.162. The van der Waals surface area contributed by atoms with Crippen LogP contribution in [-0.2, 0) is 14.0 Å². The van der Waals surface area contributed by atoms with Crippen molar-refractivity contribution in [1.82, 2.24) is 4.90 Å². The minimum atomic E-state index is -2.14. The van der Waals surface area contributed by atoms with Crippen LogP contribution >= 0.6 is 11.3 Å². The topological polar surface area (TPSA) is 55.8 Å². The number of carbonyl (C=O) groups is 2. The smallest absolute Gasteiger partial charge is 0.417 e. The predicted molar refractivity (Wildman–Crippen MR) is 102 cm³/mol. The lowest BCUT2D eigenvalue weighted by Crippen LogP contribution is -2.65. The van der Waals surface area contributed by atoms with Crippen LogP contribution < -0.4 is 0 Å². The number of β-lactam (4-membered cyclic amide) rings is 1. The third-order valence-electron chi connectivity index (χ3n) is 4.70. The minimum absolute atomic E-state index is 0.0143. The van der Waals surface area contributed by atoms with Crippen molar-refractivity contribution in [1.29, 1.82) is 0 Å². The fraction of sp³-hybridized carbons (Fsp3) is 0.667. The second kappa shape index (κ2) is 6.52. The normalized spacial score (nSPS) is 21.9. The van der Waals surface area contributed by atoms with Gasteiger partial charge >= 0.3 is 6.09 Å². The van der Waals surface area contributed by atoms with E-state index in [0.717, 1.165) is 4.88 Å². The summed E-state index contributed by atoms with van der Waals surface area (Å²) in [6, 6.07) is 3.44. The number of carbonyl (C=O) groups excluding carboxylic acids is 2. The fourth-order valence-electron chi connectivity index (χ4n) is 2.32. The quantitative estimate of drug-likeness (QED) is 0.547. The molecule has 7 heteroatoms. The van der Waals surface area contributed by atoms with Crippen LogP contribution in [0.1, 0.15) is 52.5 Å². The maximum Gasteiger partial charge on any atom is 0.417 e. The van der Waals surface area contributed by atoms with Gasteiger partial charge in [0.2, 0.25) is 0 Å². The average molecular weight is 384 g/mol. The van der Waals surface area contributed by atoms with E-state index in [9.17, 15) is 9.59 Å². The maximum absolute atomic E-state index is 12.7. The SMILES string of the molecule is CC(C)(C)OC(=O)N1C(=O)[C@H](O[Si](C)(C)C(C)(C)C)[C@@H]1c1cccs1. The van der Waals surface area contributed by atoms with Crippen LogP contribution in [0.25, 0.3) is 0 Å². The molecule has 0 unspecified atom stereocenters. The first-order chi connectivity index (χ1) is 11.2. The molecular weight excluding hydrogens is 354 g/mol. The summed E-state index contributed by atoms with van der Waals surface area (Å²) in [4.78, 5) is 27.4. The Morgan fingerprint density at radius 2 is 1.80 bits per heavy atom. The van der Waals surface area contributed by atoms with Gasteiger partial charge in [-0.3, -0.25) is 4.79 Å². The first kappa shape index (κ1) is 20.1. The Hall–Kier alpha value is -1.18. The van der Waals surface area contributed by atoms with Gasteiger partial charge in [0.1, 0.15) is 11.6 Å². The number of imide groups is 1. The molecule has 0 saturated carbocycles. The molecule has 0 aliphatic carbocycles. The van der Waals surface area contributed by atoms with E-state index in [1.165, 1.54) is 16.2 Å². The molecule has 1 aliphatic rings. The number of thiophene rings is 1. The minimum Gasteiger partial charge on any atom is -0.443 e. The Morgan fingerprint density at radius 3 is 2.24 bits per heavy atom. The van der Waals surface area contributed by atoms with Crippen LogP contribution in [-0.4, -0.2) is 36.9 Å². The van der Waals surface area contributed by atoms with E-state index in [4.69, 9.17) is 9.16 Å². The summed E-state index contributed by atoms with van der Waals surface area (Å²) >= 11 is 1.52. The van der Waals surface area contributed by atoms with Crippen molar-refractivity contribution >= 4 is 31.7 Å². The number of hydrogen-bond acceptors (Lipinski definition) is 5. The summed E-state index contributed by atoms with van der Waals surface area (Å²) in [5, 5.41) is 1.93. The van der Waals surface area contributed by atoms with Gasteiger partial charge in [-0.15, -0.1) is 11.3 Å². The molecule has 1 aliphatic heterocycles. The van der Waals surface area contributed by atoms with Gasteiger partial charge in [-0.1, -0.05) is 26.8 Å². The van der Waals surface area contributed by atoms with E-state index in [1.807, 2.05) is 17.5 Å². The number of ether oxygens (including phenoxy) is 1. The van der Waals surface area contributed by atoms with E-state index in [2.05, 4.69) is 33.9 Å². The zero-order valence-electron chi connectivity index (χ0n) is 16.4. The van der Waals surface area contributed by atoms with Crippen LogP contribution in [0, 0.1) is 0 Å². The Kier molecular flexibility index (Phi) is 5.25. The summed E-state index contributed by atoms with van der Waals surface area (Å²) in [7, 11) is -2.14. The Balaban J connectivity index is 2.27. The molecule has 1 aromatic rings. The van der Waals surface area contributed by atoms with Gasteiger partial charge in [-0.05, 0) is 50.3 Å². The van der Waals surface area contributed by atoms with Gasteiger partial charge in [0.15, 0.2) is 14.4 Å². The Morgan fingerprint density at radius 1 is 1.20 bits per heavy atom. The molecule has 2 heterocycles. The monoisotopic (exact) mass is 383 g/mol. The van der Waals surface area contributed by atoms with Crippen molar-refractivity contribution in [2.24, 2.45) is 0 Å². The largest absolute Gasteiger partial charge is 0.443 e. The van der Waals surface area contributed by atoms with E-state index < -0.39 is 32.2 Å². The second-order valence-electron chi connectivity index (χ2n) is 8.95. The van der Waals surface area contributed by atoms with E-state index in [-0.39, 0.29) is 10.9 Å². The molecule has 0 N–H and O–H groups in total. The summed E-state index contributed by atoms with van der Waals surface area (Å²) in [6.07, 6.45) is -1.22. The molecule has 0 spiro atoms. The molecule has 2 amide bonds. The van der Waals surface area contributed by atoms with E-state index in [0.29, 0.717) is 0 Å². The van der Waals surface area contributed by atoms with E-state index >= 15 is 0 Å². The molecule has 140 valence electrons. The first-order valence-electron chi connectivity index (χ1n) is 8.52. The number of amides is 2. The van der Waals surface area contributed by atoms with Gasteiger partial charge in [0.25, 0.3) is 5.91 Å². The summed E-state index contributed by atoms with van der Waals surface area (Å²) in [5.41, 5.74) is -0.650. The summed E-state index contributed by atoms with van der Waals surface area (Å²) < 4.78 is 11.8. The Bertz CT molecular complexity index is 643. The number of nitrogens with zero attached hydrogens (tertiary/aromatic N) is 1. The van der Waals surface area contributed by atoms with Gasteiger partial charge in [-0.2, -0.15) is 0 Å². The van der Waals surface area contributed by atoms with E-state index in [1.54, 1.807) is 20.8 Å². The zero-order valence-corrected chi connectivity index (χ0v) is 18.2. The van der Waals surface area contributed by atoms with Crippen molar-refractivity contribution in [3.63, 3.8) is 0 Å². The molecule has 5 nitrogen and oxygen atoms in total. The number of hydrogen-bond donors (Lipinski definition) is 0. The summed E-state index contributed by atoms with van der Waals surface area (Å²) in [5.74, 6) is -0.308. The lowest BCUT2D eigenvalue weighted by atomic mass is 9.97. The van der Waals surface area contributed by atoms with Crippen molar-refractivity contribution in [2.45, 2.75) is 77.4 Å². The van der Waals surface area contributed by atoms with Gasteiger partial charge in [0.05, 0.1) is 0 Å². The Labute approximate surface area is 155 Å². The third kappa shape index (κ3) is 4.15. The predicted octanol–water partition coefficient (Wildman–Crippen LogP) is 4.96. The third-order valence-corrected chi connectivity index (χ3v) is 10.1. The van der Waals surface area contributed by atoms with Crippen molar-refractivity contribution in [3.8, 4) is 0 Å². The van der Waals surface area contributed by atoms with Gasteiger partial charge < -0.3 is 9.16 Å². The average Bonchev–Trinajstić information content (AvgIpc) is 2.91. The highest BCUT2D eigenvalue weighted by atomic mass is 32.1. The van der Waals surface area contributed by atoms with Crippen LogP contribution in [0.5, 0.6) is 0 Å². The zero-order chi connectivity index (χ0) is 19.2. The van der Waals surface area contributed by atoms with Crippen LogP contribution in [0.3, 0.4) is 0 Å². The van der Waals surface area contributed by atoms with Crippen molar-refractivity contribution in [2.75, 3.05) is 0 Å². The molecule has 25 heavy (non-hydrogen) atoms. The molecule has 0 radical (unpaired) electrons. The molecule has 2 rings (SSSR count). The van der Waals surface area contributed by atoms with Crippen molar-refractivity contribution in [3.05, 3.63) is 22.4 Å². The molecule has 0 aromatic carbocycles. The highest BCUT2D eigenvalue weighted by Crippen LogP contribution is 2.45. The molecular formula is C18H29NO4SSi. The summed E-state index contributed by atoms with van der Waals surface area (Å²) in [6.45, 7) is 16.0. The molecule has 1 fully saturated rings. The van der Waals surface area contributed by atoms with Crippen LogP contribution in [0.4, 0.5) is 4.79 Å². The fourth-order valence-corrected chi connectivity index (χ4v) is 4.38. The van der Waals surface area contributed by atoms with Crippen molar-refractivity contribution < 1.29 is 18.8 Å². The standard InChI is InChI=1S/C18H29NO4SSi/c1-17(2,3)22-16(21)19-13(12-10-9-11-24-12)14(15(19)20)23-25(7,8)18(4,5)6/h9-11,13-14H,1-8H3/t13-,14+/m0/s1. The van der Waals surface area contributed by atoms with Crippen LogP contribution in [0.15, 0.2) is 17.5 Å². The second-order valence-corrected chi connectivity index (χ2v) is 14.7. The molecule has 1 saturated heterocycles. The number of likely N-dealkylation sites (tertiary alicyclic amines) is 1. The molecule has 0 bridgehead atoms. The van der Waals surface area contributed by atoms with Gasteiger partial charge in [0, 0.05) is 4.88 Å². The number of rotatable bonds is 3. The highest BCUT2D eigenvalue weighted by Gasteiger charge is 2.57. The lowest BCUT2D eigenvalue weighted by Gasteiger charge is -2.49. The highest BCUT2D eigenvalue weighted by molar-refractivity contribution is 7.10.